The summed E-state index contributed by atoms with van der Waals surface area (Å²) >= 11 is 6.99. The van der Waals surface area contributed by atoms with E-state index in [2.05, 4.69) is 4.72 Å². The first-order chi connectivity index (χ1) is 9.59. The van der Waals surface area contributed by atoms with Gasteiger partial charge < -0.3 is 5.11 Å². The van der Waals surface area contributed by atoms with Gasteiger partial charge in [0.2, 0.25) is 10.0 Å². The summed E-state index contributed by atoms with van der Waals surface area (Å²) in [6, 6.07) is 3.28. The molecule has 21 heavy (non-hydrogen) atoms. The molecule has 0 fully saturated rings. The van der Waals surface area contributed by atoms with E-state index in [1.807, 2.05) is 0 Å². The number of hydrogen-bond acceptors (Lipinski definition) is 6. The number of hydrogen-bond donors (Lipinski definition) is 2. The molecular weight excluding hydrogens is 340 g/mol. The molecule has 7 nitrogen and oxygen atoms in total. The molecule has 0 saturated carbocycles. The molecule has 1 atom stereocenters. The predicted octanol–water partition coefficient (Wildman–Crippen LogP) is 1.64. The summed E-state index contributed by atoms with van der Waals surface area (Å²) in [6.07, 6.45) is 1.77. The fraction of sp³-hybridized carbons (Fsp3) is 0.455. The van der Waals surface area contributed by atoms with Crippen LogP contribution in [0.1, 0.15) is 6.92 Å². The summed E-state index contributed by atoms with van der Waals surface area (Å²) in [5.74, 6) is 0.318. The molecule has 1 rings (SSSR count). The first-order valence-electron chi connectivity index (χ1n) is 5.74. The Labute approximate surface area is 131 Å². The number of nitrogens with zero attached hydrogens (tertiary/aromatic N) is 1. The molecule has 118 valence electrons. The smallest absolute Gasteiger partial charge is 0.290 e. The Kier molecular flexibility index (Phi) is 6.00. The first kappa shape index (κ1) is 18.2. The van der Waals surface area contributed by atoms with E-state index < -0.39 is 31.1 Å². The van der Waals surface area contributed by atoms with E-state index in [0.717, 1.165) is 12.1 Å². The normalized spacial score (nSPS) is 14.7. The van der Waals surface area contributed by atoms with Crippen molar-refractivity contribution in [3.05, 3.63) is 33.3 Å². The van der Waals surface area contributed by atoms with Crippen LogP contribution >= 0.6 is 23.4 Å². The zero-order valence-corrected chi connectivity index (χ0v) is 13.8. The van der Waals surface area contributed by atoms with Gasteiger partial charge in [-0.15, -0.1) is 0 Å². The molecule has 0 amide bonds. The van der Waals surface area contributed by atoms with Gasteiger partial charge in [0.1, 0.15) is 0 Å². The lowest BCUT2D eigenvalue weighted by molar-refractivity contribution is -0.387. The molecule has 0 aliphatic heterocycles. The van der Waals surface area contributed by atoms with Gasteiger partial charge in [-0.25, -0.2) is 13.1 Å². The zero-order chi connectivity index (χ0) is 16.3. The number of thioether (sulfide) groups is 1. The maximum atomic E-state index is 12.1. The van der Waals surface area contributed by atoms with Crippen molar-refractivity contribution in [1.29, 1.82) is 0 Å². The second kappa shape index (κ2) is 6.93. The van der Waals surface area contributed by atoms with Crippen LogP contribution in [0.4, 0.5) is 5.69 Å². The Morgan fingerprint density at radius 2 is 2.14 bits per heavy atom. The molecule has 0 aliphatic rings. The van der Waals surface area contributed by atoms with Gasteiger partial charge in [-0.3, -0.25) is 10.1 Å². The number of halogens is 1. The van der Waals surface area contributed by atoms with Crippen LogP contribution in [-0.4, -0.2) is 42.6 Å². The minimum absolute atomic E-state index is 0.0648. The van der Waals surface area contributed by atoms with Crippen molar-refractivity contribution in [3.8, 4) is 0 Å². The Hall–Kier alpha value is -0.870. The summed E-state index contributed by atoms with van der Waals surface area (Å²) in [7, 11) is -4.12. The highest BCUT2D eigenvalue weighted by molar-refractivity contribution is 7.98. The molecule has 0 bridgehead atoms. The molecule has 0 heterocycles. The van der Waals surface area contributed by atoms with Crippen molar-refractivity contribution in [1.82, 2.24) is 4.72 Å². The molecule has 10 heteroatoms. The lowest BCUT2D eigenvalue weighted by atomic mass is 10.1. The summed E-state index contributed by atoms with van der Waals surface area (Å²) in [5, 5.41) is 20.9. The Morgan fingerprint density at radius 3 is 2.67 bits per heavy atom. The maximum absolute atomic E-state index is 12.1. The van der Waals surface area contributed by atoms with E-state index in [1.54, 1.807) is 6.26 Å². The summed E-state index contributed by atoms with van der Waals surface area (Å²) in [6.45, 7) is 1.22. The highest BCUT2D eigenvalue weighted by Crippen LogP contribution is 2.27. The Balaban J connectivity index is 3.07. The van der Waals surface area contributed by atoms with E-state index in [9.17, 15) is 23.6 Å². The van der Waals surface area contributed by atoms with Crippen LogP contribution in [0.25, 0.3) is 0 Å². The quantitative estimate of drug-likeness (QED) is 0.569. The van der Waals surface area contributed by atoms with E-state index in [1.165, 1.54) is 24.8 Å². The Morgan fingerprint density at radius 1 is 1.52 bits per heavy atom. The topological polar surface area (TPSA) is 110 Å². The summed E-state index contributed by atoms with van der Waals surface area (Å²) in [5.41, 5.74) is -1.87. The minimum atomic E-state index is -4.12. The second-order valence-corrected chi connectivity index (χ2v) is 7.66. The number of rotatable bonds is 7. The average Bonchev–Trinajstić information content (AvgIpc) is 2.36. The van der Waals surface area contributed by atoms with Gasteiger partial charge in [0.25, 0.3) is 5.69 Å². The number of benzene rings is 1. The standard InChI is InChI=1S/C11H15ClN2O5S2/c1-11(15,7-20-2)6-13-21(18,19)10-4-3-8(12)5-9(10)14(16)17/h3-5,13,15H,6-7H2,1-2H3. The van der Waals surface area contributed by atoms with Crippen molar-refractivity contribution in [2.75, 3.05) is 18.6 Å². The molecule has 1 unspecified atom stereocenters. The van der Waals surface area contributed by atoms with Gasteiger partial charge in [0.05, 0.1) is 10.5 Å². The highest BCUT2D eigenvalue weighted by atomic mass is 35.5. The molecule has 0 radical (unpaired) electrons. The first-order valence-corrected chi connectivity index (χ1v) is 8.99. The molecule has 0 saturated heterocycles. The van der Waals surface area contributed by atoms with E-state index >= 15 is 0 Å². The highest BCUT2D eigenvalue weighted by Gasteiger charge is 2.29. The summed E-state index contributed by atoms with van der Waals surface area (Å²) in [4.78, 5) is 9.62. The number of sulfonamides is 1. The monoisotopic (exact) mass is 354 g/mol. The van der Waals surface area contributed by atoms with Crippen LogP contribution in [0, 0.1) is 10.1 Å². The zero-order valence-electron chi connectivity index (χ0n) is 11.4. The fourth-order valence-corrected chi connectivity index (χ4v) is 3.75. The molecule has 2 N–H and O–H groups in total. The van der Waals surface area contributed by atoms with Crippen LogP contribution in [-0.2, 0) is 10.0 Å². The van der Waals surface area contributed by atoms with Gasteiger partial charge >= 0.3 is 0 Å². The van der Waals surface area contributed by atoms with Crippen LogP contribution in [0.5, 0.6) is 0 Å². The van der Waals surface area contributed by atoms with Crippen molar-refractivity contribution >= 4 is 39.1 Å². The molecule has 0 spiro atoms. The van der Waals surface area contributed by atoms with E-state index in [-0.39, 0.29) is 11.6 Å². The SMILES string of the molecule is CSCC(C)(O)CNS(=O)(=O)c1ccc(Cl)cc1[N+](=O)[O-]. The lowest BCUT2D eigenvalue weighted by Gasteiger charge is -2.22. The average molecular weight is 355 g/mol. The lowest BCUT2D eigenvalue weighted by Crippen LogP contribution is -2.42. The number of aliphatic hydroxyl groups is 1. The maximum Gasteiger partial charge on any atom is 0.290 e. The van der Waals surface area contributed by atoms with Gasteiger partial charge in [0, 0.05) is 23.4 Å². The largest absolute Gasteiger partial charge is 0.388 e. The number of nitro groups is 1. The van der Waals surface area contributed by atoms with Gasteiger partial charge in [0.15, 0.2) is 4.90 Å². The third-order valence-corrected chi connectivity index (χ3v) is 5.10. The minimum Gasteiger partial charge on any atom is -0.388 e. The second-order valence-electron chi connectivity index (χ2n) is 4.62. The number of nitrogens with one attached hydrogen (secondary N) is 1. The van der Waals surface area contributed by atoms with E-state index in [0.29, 0.717) is 5.75 Å². The van der Waals surface area contributed by atoms with Crippen molar-refractivity contribution < 1.29 is 18.4 Å². The molecule has 1 aromatic rings. The molecule has 0 aliphatic carbocycles. The van der Waals surface area contributed by atoms with Gasteiger partial charge in [-0.1, -0.05) is 11.6 Å². The van der Waals surface area contributed by atoms with Crippen LogP contribution in [0.3, 0.4) is 0 Å². The number of nitro benzene ring substituents is 1. The fourth-order valence-electron chi connectivity index (χ4n) is 1.55. The van der Waals surface area contributed by atoms with Crippen LogP contribution in [0.2, 0.25) is 5.02 Å². The van der Waals surface area contributed by atoms with Crippen molar-refractivity contribution in [2.45, 2.75) is 17.4 Å². The van der Waals surface area contributed by atoms with Crippen LogP contribution in [0.15, 0.2) is 23.1 Å². The Bertz CT molecular complexity index is 634. The summed E-state index contributed by atoms with van der Waals surface area (Å²) < 4.78 is 26.5. The van der Waals surface area contributed by atoms with E-state index in [4.69, 9.17) is 11.6 Å². The molecule has 1 aromatic carbocycles. The molecule has 0 aromatic heterocycles. The van der Waals surface area contributed by atoms with Crippen molar-refractivity contribution in [3.63, 3.8) is 0 Å². The van der Waals surface area contributed by atoms with Crippen LogP contribution < -0.4 is 4.72 Å². The third-order valence-electron chi connectivity index (χ3n) is 2.51. The molecular formula is C11H15ClN2O5S2. The van der Waals surface area contributed by atoms with Gasteiger partial charge in [-0.2, -0.15) is 11.8 Å². The van der Waals surface area contributed by atoms with Crippen molar-refractivity contribution in [2.24, 2.45) is 0 Å². The predicted molar refractivity (Wildman–Crippen MR) is 82.3 cm³/mol. The third kappa shape index (κ3) is 5.11. The van der Waals surface area contributed by atoms with Gasteiger partial charge in [-0.05, 0) is 25.3 Å².